The van der Waals surface area contributed by atoms with Crippen molar-refractivity contribution in [2.45, 2.75) is 19.4 Å². The van der Waals surface area contributed by atoms with Crippen LogP contribution in [-0.2, 0) is 14.3 Å². The molecule has 0 amide bonds. The summed E-state index contributed by atoms with van der Waals surface area (Å²) in [5, 5.41) is 3.01. The van der Waals surface area contributed by atoms with E-state index in [4.69, 9.17) is 4.74 Å². The first-order valence-electron chi connectivity index (χ1n) is 4.02. The van der Waals surface area contributed by atoms with Crippen LogP contribution in [0.4, 0.5) is 0 Å². The minimum absolute atomic E-state index is 0.229. The van der Waals surface area contributed by atoms with Crippen LogP contribution in [0.25, 0.3) is 0 Å². The van der Waals surface area contributed by atoms with Gasteiger partial charge >= 0.3 is 5.97 Å². The van der Waals surface area contributed by atoms with Crippen LogP contribution < -0.4 is 5.32 Å². The summed E-state index contributed by atoms with van der Waals surface area (Å²) in [7, 11) is 3.04. The van der Waals surface area contributed by atoms with Gasteiger partial charge < -0.3 is 14.8 Å². The van der Waals surface area contributed by atoms with Gasteiger partial charge in [0.15, 0.2) is 0 Å². The SMILES string of the molecule is COCCCN[C@@H](C)C(=O)OC. The van der Waals surface area contributed by atoms with E-state index in [-0.39, 0.29) is 12.0 Å². The fourth-order valence-electron chi connectivity index (χ4n) is 0.795. The summed E-state index contributed by atoms with van der Waals surface area (Å²) in [6.07, 6.45) is 0.901. The van der Waals surface area contributed by atoms with Gasteiger partial charge in [0, 0.05) is 13.7 Å². The summed E-state index contributed by atoms with van der Waals surface area (Å²) in [5.74, 6) is -0.229. The van der Waals surface area contributed by atoms with Crippen LogP contribution in [0, 0.1) is 0 Å². The van der Waals surface area contributed by atoms with Gasteiger partial charge in [-0.3, -0.25) is 4.79 Å². The lowest BCUT2D eigenvalue weighted by molar-refractivity contribution is -0.142. The van der Waals surface area contributed by atoms with Crippen molar-refractivity contribution in [3.05, 3.63) is 0 Å². The van der Waals surface area contributed by atoms with Crippen molar-refractivity contribution in [3.8, 4) is 0 Å². The Labute approximate surface area is 73.2 Å². The Kier molecular flexibility index (Phi) is 6.70. The third-order valence-electron chi connectivity index (χ3n) is 1.53. The fraction of sp³-hybridized carbons (Fsp3) is 0.875. The minimum atomic E-state index is -0.230. The number of ether oxygens (including phenoxy) is 2. The number of carbonyl (C=O) groups is 1. The third kappa shape index (κ3) is 5.09. The Balaban J connectivity index is 3.31. The van der Waals surface area contributed by atoms with E-state index < -0.39 is 0 Å². The molecule has 1 atom stereocenters. The molecule has 0 radical (unpaired) electrons. The first kappa shape index (κ1) is 11.4. The van der Waals surface area contributed by atoms with Gasteiger partial charge in [-0.1, -0.05) is 0 Å². The first-order chi connectivity index (χ1) is 5.72. The zero-order chi connectivity index (χ0) is 9.40. The average molecular weight is 175 g/mol. The highest BCUT2D eigenvalue weighted by molar-refractivity contribution is 5.74. The lowest BCUT2D eigenvalue weighted by Crippen LogP contribution is -2.35. The molecule has 0 saturated heterocycles. The van der Waals surface area contributed by atoms with E-state index >= 15 is 0 Å². The van der Waals surface area contributed by atoms with Crippen LogP contribution in [0.3, 0.4) is 0 Å². The Hall–Kier alpha value is -0.610. The molecule has 72 valence electrons. The third-order valence-corrected chi connectivity index (χ3v) is 1.53. The lowest BCUT2D eigenvalue weighted by atomic mass is 10.3. The van der Waals surface area contributed by atoms with Crippen LogP contribution in [0.2, 0.25) is 0 Å². The zero-order valence-corrected chi connectivity index (χ0v) is 7.92. The molecular formula is C8H17NO3. The molecule has 0 rings (SSSR count). The lowest BCUT2D eigenvalue weighted by Gasteiger charge is -2.10. The maximum atomic E-state index is 10.9. The fourth-order valence-corrected chi connectivity index (χ4v) is 0.795. The van der Waals surface area contributed by atoms with E-state index in [2.05, 4.69) is 10.1 Å². The quantitative estimate of drug-likeness (QED) is 0.462. The highest BCUT2D eigenvalue weighted by Gasteiger charge is 2.10. The first-order valence-corrected chi connectivity index (χ1v) is 4.02. The van der Waals surface area contributed by atoms with Crippen molar-refractivity contribution in [2.24, 2.45) is 0 Å². The van der Waals surface area contributed by atoms with Gasteiger partial charge in [0.25, 0.3) is 0 Å². The summed E-state index contributed by atoms with van der Waals surface area (Å²) in [6, 6.07) is -0.230. The van der Waals surface area contributed by atoms with Crippen LogP contribution in [0.1, 0.15) is 13.3 Å². The maximum Gasteiger partial charge on any atom is 0.322 e. The molecule has 0 aliphatic rings. The largest absolute Gasteiger partial charge is 0.468 e. The van der Waals surface area contributed by atoms with Gasteiger partial charge in [0.05, 0.1) is 7.11 Å². The van der Waals surface area contributed by atoms with Crippen molar-refractivity contribution in [3.63, 3.8) is 0 Å². The zero-order valence-electron chi connectivity index (χ0n) is 7.92. The van der Waals surface area contributed by atoms with Crippen molar-refractivity contribution in [1.82, 2.24) is 5.32 Å². The second-order valence-corrected chi connectivity index (χ2v) is 2.55. The van der Waals surface area contributed by atoms with E-state index in [1.165, 1.54) is 7.11 Å². The minimum Gasteiger partial charge on any atom is -0.468 e. The highest BCUT2D eigenvalue weighted by atomic mass is 16.5. The molecule has 0 heterocycles. The molecule has 0 fully saturated rings. The molecule has 1 N–H and O–H groups in total. The summed E-state index contributed by atoms with van der Waals surface area (Å²) >= 11 is 0. The summed E-state index contributed by atoms with van der Waals surface area (Å²) in [5.41, 5.74) is 0. The van der Waals surface area contributed by atoms with Gasteiger partial charge in [-0.05, 0) is 19.9 Å². The second-order valence-electron chi connectivity index (χ2n) is 2.55. The van der Waals surface area contributed by atoms with Crippen molar-refractivity contribution < 1.29 is 14.3 Å². The molecule has 0 aliphatic heterocycles. The number of methoxy groups -OCH3 is 2. The van der Waals surface area contributed by atoms with Gasteiger partial charge in [-0.15, -0.1) is 0 Å². The Morgan fingerprint density at radius 1 is 1.50 bits per heavy atom. The van der Waals surface area contributed by atoms with Crippen LogP contribution in [-0.4, -0.2) is 39.4 Å². The van der Waals surface area contributed by atoms with Crippen molar-refractivity contribution >= 4 is 5.97 Å². The molecule has 0 aliphatic carbocycles. The van der Waals surface area contributed by atoms with Gasteiger partial charge in [-0.25, -0.2) is 0 Å². The summed E-state index contributed by atoms with van der Waals surface area (Å²) in [4.78, 5) is 10.9. The predicted molar refractivity (Wildman–Crippen MR) is 46.0 cm³/mol. The Morgan fingerprint density at radius 3 is 2.67 bits per heavy atom. The molecule has 0 aromatic carbocycles. The molecule has 0 aromatic heterocycles. The molecule has 0 saturated carbocycles. The van der Waals surface area contributed by atoms with Crippen LogP contribution in [0.5, 0.6) is 0 Å². The smallest absolute Gasteiger partial charge is 0.322 e. The number of hydrogen-bond donors (Lipinski definition) is 1. The summed E-state index contributed by atoms with van der Waals surface area (Å²) in [6.45, 7) is 3.25. The normalized spacial score (nSPS) is 12.6. The number of esters is 1. The van der Waals surface area contributed by atoms with E-state index in [9.17, 15) is 4.79 Å². The van der Waals surface area contributed by atoms with Crippen molar-refractivity contribution in [2.75, 3.05) is 27.4 Å². The maximum absolute atomic E-state index is 10.9. The van der Waals surface area contributed by atoms with Gasteiger partial charge in [-0.2, -0.15) is 0 Å². The van der Waals surface area contributed by atoms with E-state index in [1.807, 2.05) is 0 Å². The standard InChI is InChI=1S/C8H17NO3/c1-7(8(10)12-3)9-5-4-6-11-2/h7,9H,4-6H2,1-3H3/t7-/m0/s1. The summed E-state index contributed by atoms with van der Waals surface area (Å²) < 4.78 is 9.39. The van der Waals surface area contributed by atoms with Gasteiger partial charge in [0.1, 0.15) is 6.04 Å². The number of nitrogens with one attached hydrogen (secondary N) is 1. The van der Waals surface area contributed by atoms with E-state index in [0.717, 1.165) is 13.0 Å². The molecule has 0 spiro atoms. The molecular weight excluding hydrogens is 158 g/mol. The molecule has 4 nitrogen and oxygen atoms in total. The van der Waals surface area contributed by atoms with Crippen LogP contribution in [0.15, 0.2) is 0 Å². The predicted octanol–water partition coefficient (Wildman–Crippen LogP) is 0.174. The molecule has 0 unspecified atom stereocenters. The number of carbonyl (C=O) groups excluding carboxylic acids is 1. The number of rotatable bonds is 6. The Bertz CT molecular complexity index is 127. The average Bonchev–Trinajstić information content (AvgIpc) is 2.10. The van der Waals surface area contributed by atoms with E-state index in [0.29, 0.717) is 6.61 Å². The molecule has 0 aromatic rings. The molecule has 4 heteroatoms. The topological polar surface area (TPSA) is 47.6 Å². The highest BCUT2D eigenvalue weighted by Crippen LogP contribution is 1.86. The second kappa shape index (κ2) is 7.06. The van der Waals surface area contributed by atoms with Gasteiger partial charge in [0.2, 0.25) is 0 Å². The monoisotopic (exact) mass is 175 g/mol. The Morgan fingerprint density at radius 2 is 2.17 bits per heavy atom. The van der Waals surface area contributed by atoms with Crippen LogP contribution >= 0.6 is 0 Å². The van der Waals surface area contributed by atoms with Crippen molar-refractivity contribution in [1.29, 1.82) is 0 Å². The number of hydrogen-bond acceptors (Lipinski definition) is 4. The molecule has 0 bridgehead atoms. The molecule has 12 heavy (non-hydrogen) atoms. The van der Waals surface area contributed by atoms with E-state index in [1.54, 1.807) is 14.0 Å².